The average molecular weight is 329 g/mol. The van der Waals surface area contributed by atoms with E-state index in [0.29, 0.717) is 43.4 Å². The third kappa shape index (κ3) is 4.52. The minimum atomic E-state index is -0.101. The number of carbonyl (C=O) groups is 1. The molecule has 1 aliphatic heterocycles. The molecule has 5 nitrogen and oxygen atoms in total. The molecule has 2 rings (SSSR count). The van der Waals surface area contributed by atoms with Gasteiger partial charge in [-0.2, -0.15) is 0 Å². The summed E-state index contributed by atoms with van der Waals surface area (Å²) in [5, 5.41) is 0. The van der Waals surface area contributed by atoms with Gasteiger partial charge < -0.3 is 20.1 Å². The molecule has 22 heavy (non-hydrogen) atoms. The van der Waals surface area contributed by atoms with E-state index in [1.54, 1.807) is 30.1 Å². The molecule has 2 N–H and O–H groups in total. The van der Waals surface area contributed by atoms with Crippen molar-refractivity contribution in [1.82, 2.24) is 4.90 Å². The fourth-order valence-electron chi connectivity index (χ4n) is 2.30. The fraction of sp³-hybridized carbons (Fsp3) is 0.562. The molecule has 0 spiro atoms. The lowest BCUT2D eigenvalue weighted by atomic mass is 9.93. The van der Waals surface area contributed by atoms with E-state index in [9.17, 15) is 4.79 Å². The van der Waals surface area contributed by atoms with Gasteiger partial charge in [0, 0.05) is 25.6 Å². The van der Waals surface area contributed by atoms with Crippen LogP contribution in [0.5, 0.6) is 11.5 Å². The summed E-state index contributed by atoms with van der Waals surface area (Å²) >= 11 is 0. The van der Waals surface area contributed by atoms with Gasteiger partial charge in [-0.1, -0.05) is 13.8 Å². The lowest BCUT2D eigenvalue weighted by molar-refractivity contribution is 0.0740. The van der Waals surface area contributed by atoms with Gasteiger partial charge in [0.25, 0.3) is 5.91 Å². The molecule has 1 aromatic carbocycles. The lowest BCUT2D eigenvalue weighted by Crippen LogP contribution is -2.39. The fourth-order valence-corrected chi connectivity index (χ4v) is 2.30. The van der Waals surface area contributed by atoms with Crippen LogP contribution in [0.25, 0.3) is 0 Å². The summed E-state index contributed by atoms with van der Waals surface area (Å²) in [6, 6.07) is 5.34. The summed E-state index contributed by atoms with van der Waals surface area (Å²) < 4.78 is 11.2. The monoisotopic (exact) mass is 328 g/mol. The van der Waals surface area contributed by atoms with Crippen LogP contribution in [0.3, 0.4) is 0 Å². The van der Waals surface area contributed by atoms with Gasteiger partial charge in [-0.3, -0.25) is 4.79 Å². The number of hydrogen-bond donors (Lipinski definition) is 1. The molecule has 0 bridgehead atoms. The number of fused-ring (bicyclic) bond motifs is 1. The average Bonchev–Trinajstić information content (AvgIpc) is 2.70. The maximum atomic E-state index is 12.5. The number of nitrogens with zero attached hydrogens (tertiary/aromatic N) is 1. The van der Waals surface area contributed by atoms with Crippen LogP contribution in [0.2, 0.25) is 0 Å². The standard InChI is InChI=1S/C16H24N2O3.ClH/c1-16(2,10-17)11-18(3)15(19)12-5-6-13-14(9-12)21-8-4-7-20-13;/h5-6,9H,4,7-8,10-11,17H2,1-3H3;1H. The van der Waals surface area contributed by atoms with Crippen molar-refractivity contribution in [2.45, 2.75) is 20.3 Å². The molecule has 1 aromatic rings. The number of halogens is 1. The Kier molecular flexibility index (Phi) is 6.50. The first-order valence-electron chi connectivity index (χ1n) is 7.28. The van der Waals surface area contributed by atoms with E-state index in [-0.39, 0.29) is 23.7 Å². The molecule has 124 valence electrons. The molecule has 0 fully saturated rings. The van der Waals surface area contributed by atoms with E-state index in [2.05, 4.69) is 0 Å². The predicted octanol–water partition coefficient (Wildman–Crippen LogP) is 2.33. The van der Waals surface area contributed by atoms with E-state index in [4.69, 9.17) is 15.2 Å². The Morgan fingerprint density at radius 2 is 1.91 bits per heavy atom. The Bertz CT molecular complexity index is 520. The summed E-state index contributed by atoms with van der Waals surface area (Å²) in [5.74, 6) is 1.31. The van der Waals surface area contributed by atoms with Gasteiger partial charge in [0.1, 0.15) is 0 Å². The van der Waals surface area contributed by atoms with Gasteiger partial charge in [0.2, 0.25) is 0 Å². The summed E-state index contributed by atoms with van der Waals surface area (Å²) in [6.07, 6.45) is 0.850. The van der Waals surface area contributed by atoms with Gasteiger partial charge in [0.05, 0.1) is 13.2 Å². The molecule has 0 saturated heterocycles. The zero-order chi connectivity index (χ0) is 15.5. The molecule has 6 heteroatoms. The van der Waals surface area contributed by atoms with Gasteiger partial charge in [-0.15, -0.1) is 12.4 Å². The third-order valence-electron chi connectivity index (χ3n) is 3.56. The largest absolute Gasteiger partial charge is 0.490 e. The predicted molar refractivity (Wildman–Crippen MR) is 89.1 cm³/mol. The van der Waals surface area contributed by atoms with Crippen LogP contribution in [0.1, 0.15) is 30.6 Å². The normalized spacial score (nSPS) is 13.8. The van der Waals surface area contributed by atoms with Crippen molar-refractivity contribution in [1.29, 1.82) is 0 Å². The SMILES string of the molecule is CN(CC(C)(C)CN)C(=O)c1ccc2c(c1)OCCCO2.Cl. The van der Waals surface area contributed by atoms with Gasteiger partial charge in [0.15, 0.2) is 11.5 Å². The number of rotatable bonds is 4. The van der Waals surface area contributed by atoms with Crippen LogP contribution < -0.4 is 15.2 Å². The number of carbonyl (C=O) groups excluding carboxylic acids is 1. The number of hydrogen-bond acceptors (Lipinski definition) is 4. The maximum absolute atomic E-state index is 12.5. The van der Waals surface area contributed by atoms with E-state index in [1.165, 1.54) is 0 Å². The number of amides is 1. The highest BCUT2D eigenvalue weighted by atomic mass is 35.5. The minimum absolute atomic E-state index is 0. The second-order valence-corrected chi connectivity index (χ2v) is 6.24. The summed E-state index contributed by atoms with van der Waals surface area (Å²) in [7, 11) is 1.79. The quantitative estimate of drug-likeness (QED) is 0.921. The summed E-state index contributed by atoms with van der Waals surface area (Å²) in [5.41, 5.74) is 6.23. The molecule has 0 aromatic heterocycles. The van der Waals surface area contributed by atoms with Crippen molar-refractivity contribution in [2.24, 2.45) is 11.1 Å². The molecule has 1 aliphatic rings. The molecule has 1 amide bonds. The second-order valence-electron chi connectivity index (χ2n) is 6.24. The lowest BCUT2D eigenvalue weighted by Gasteiger charge is -2.29. The highest BCUT2D eigenvalue weighted by Crippen LogP contribution is 2.31. The van der Waals surface area contributed by atoms with Crippen LogP contribution in [0, 0.1) is 5.41 Å². The molecule has 0 saturated carbocycles. The highest BCUT2D eigenvalue weighted by Gasteiger charge is 2.23. The Labute approximate surface area is 138 Å². The topological polar surface area (TPSA) is 64.8 Å². The van der Waals surface area contributed by atoms with Crippen LogP contribution >= 0.6 is 12.4 Å². The first-order valence-corrected chi connectivity index (χ1v) is 7.28. The van der Waals surface area contributed by atoms with Crippen molar-refractivity contribution in [3.63, 3.8) is 0 Å². The van der Waals surface area contributed by atoms with Gasteiger partial charge in [-0.25, -0.2) is 0 Å². The van der Waals surface area contributed by atoms with Crippen molar-refractivity contribution < 1.29 is 14.3 Å². The van der Waals surface area contributed by atoms with Crippen LogP contribution in [0.15, 0.2) is 18.2 Å². The molecular weight excluding hydrogens is 304 g/mol. The molecule has 0 radical (unpaired) electrons. The Hall–Kier alpha value is -1.46. The molecule has 0 aliphatic carbocycles. The molecular formula is C16H25ClN2O3. The maximum Gasteiger partial charge on any atom is 0.253 e. The van der Waals surface area contributed by atoms with Crippen molar-refractivity contribution >= 4 is 18.3 Å². The van der Waals surface area contributed by atoms with Crippen LogP contribution in [-0.4, -0.2) is 44.2 Å². The number of ether oxygens (including phenoxy) is 2. The van der Waals surface area contributed by atoms with Gasteiger partial charge in [-0.05, 0) is 30.2 Å². The van der Waals surface area contributed by atoms with E-state index in [0.717, 1.165) is 6.42 Å². The first-order chi connectivity index (χ1) is 9.93. The zero-order valence-electron chi connectivity index (χ0n) is 13.4. The summed E-state index contributed by atoms with van der Waals surface area (Å²) in [4.78, 5) is 14.2. The number of nitrogens with two attached hydrogens (primary N) is 1. The Morgan fingerprint density at radius 1 is 1.27 bits per heavy atom. The highest BCUT2D eigenvalue weighted by molar-refractivity contribution is 5.94. The van der Waals surface area contributed by atoms with E-state index in [1.807, 2.05) is 13.8 Å². The number of benzene rings is 1. The van der Waals surface area contributed by atoms with Crippen molar-refractivity contribution in [3.8, 4) is 11.5 Å². The Balaban J connectivity index is 0.00000242. The molecule has 0 unspecified atom stereocenters. The van der Waals surface area contributed by atoms with Crippen LogP contribution in [0.4, 0.5) is 0 Å². The van der Waals surface area contributed by atoms with Crippen LogP contribution in [-0.2, 0) is 0 Å². The molecule has 0 atom stereocenters. The smallest absolute Gasteiger partial charge is 0.253 e. The van der Waals surface area contributed by atoms with Crippen molar-refractivity contribution in [2.75, 3.05) is 33.4 Å². The third-order valence-corrected chi connectivity index (χ3v) is 3.56. The second kappa shape index (κ2) is 7.70. The minimum Gasteiger partial charge on any atom is -0.490 e. The molecule has 1 heterocycles. The Morgan fingerprint density at radius 3 is 2.55 bits per heavy atom. The van der Waals surface area contributed by atoms with E-state index < -0.39 is 0 Å². The van der Waals surface area contributed by atoms with Gasteiger partial charge >= 0.3 is 0 Å². The first kappa shape index (κ1) is 18.6. The van der Waals surface area contributed by atoms with Crippen molar-refractivity contribution in [3.05, 3.63) is 23.8 Å². The summed E-state index contributed by atoms with van der Waals surface area (Å²) in [6.45, 7) is 6.49. The van der Waals surface area contributed by atoms with E-state index >= 15 is 0 Å². The zero-order valence-corrected chi connectivity index (χ0v) is 14.2.